The average molecular weight is 238 g/mol. The van der Waals surface area contributed by atoms with Crippen LogP contribution in [0.25, 0.3) is 0 Å². The van der Waals surface area contributed by atoms with Crippen molar-refractivity contribution in [1.29, 1.82) is 0 Å². The molecule has 1 saturated carbocycles. The van der Waals surface area contributed by atoms with E-state index in [-0.39, 0.29) is 12.1 Å². The molecule has 3 nitrogen and oxygen atoms in total. The molecular weight excluding hydrogens is 221 g/mol. The zero-order valence-electron chi connectivity index (χ0n) is 9.02. The Balaban J connectivity index is 2.19. The second-order valence-corrected chi connectivity index (χ2v) is 4.29. The van der Waals surface area contributed by atoms with Gasteiger partial charge in [0, 0.05) is 18.5 Å². The molecule has 0 atom stereocenters. The molecule has 0 aromatic carbocycles. The molecule has 1 rings (SSSR count). The Kier molecular flexibility index (Phi) is 4.58. The minimum atomic E-state index is -4.26. The predicted molar refractivity (Wildman–Crippen MR) is 53.7 cm³/mol. The normalized spacial score (nSPS) is 26.5. The number of nitrogens with one attached hydrogen (secondary N) is 1. The van der Waals surface area contributed by atoms with Gasteiger partial charge in [0.2, 0.25) is 5.91 Å². The van der Waals surface area contributed by atoms with Gasteiger partial charge in [0.25, 0.3) is 0 Å². The predicted octanol–water partition coefficient (Wildman–Crippen LogP) is 1.71. The van der Waals surface area contributed by atoms with Crippen LogP contribution in [0.1, 0.15) is 38.5 Å². The number of carbonyl (C=O) groups is 1. The van der Waals surface area contributed by atoms with Crippen LogP contribution < -0.4 is 11.1 Å². The number of carbonyl (C=O) groups excluding carboxylic acids is 1. The molecule has 0 spiro atoms. The minimum Gasteiger partial charge on any atom is -0.353 e. The molecule has 0 saturated heterocycles. The molecule has 1 aliphatic carbocycles. The first-order chi connectivity index (χ1) is 7.37. The molecule has 0 aromatic heterocycles. The Bertz CT molecular complexity index is 235. The topological polar surface area (TPSA) is 55.1 Å². The fourth-order valence-corrected chi connectivity index (χ4v) is 1.82. The van der Waals surface area contributed by atoms with E-state index in [0.717, 1.165) is 25.7 Å². The van der Waals surface area contributed by atoms with Crippen LogP contribution in [-0.2, 0) is 4.79 Å². The van der Waals surface area contributed by atoms with Crippen LogP contribution in [0.2, 0.25) is 0 Å². The van der Waals surface area contributed by atoms with E-state index in [1.807, 2.05) is 0 Å². The summed E-state index contributed by atoms with van der Waals surface area (Å²) in [4.78, 5) is 11.2. The first kappa shape index (κ1) is 13.3. The van der Waals surface area contributed by atoms with E-state index in [4.69, 9.17) is 5.73 Å². The lowest BCUT2D eigenvalue weighted by molar-refractivity contribution is -0.144. The van der Waals surface area contributed by atoms with Crippen molar-refractivity contribution >= 4 is 5.91 Å². The van der Waals surface area contributed by atoms with Gasteiger partial charge in [-0.1, -0.05) is 0 Å². The van der Waals surface area contributed by atoms with Crippen LogP contribution in [0.5, 0.6) is 0 Å². The summed E-state index contributed by atoms with van der Waals surface area (Å²) in [6, 6.07) is 0.170. The van der Waals surface area contributed by atoms with E-state index >= 15 is 0 Å². The Hall–Kier alpha value is -0.780. The summed E-state index contributed by atoms with van der Waals surface area (Å²) in [5, 5.41) is 2.62. The van der Waals surface area contributed by atoms with Crippen molar-refractivity contribution in [3.05, 3.63) is 0 Å². The lowest BCUT2D eigenvalue weighted by atomic mass is 9.92. The molecule has 94 valence electrons. The molecule has 1 fully saturated rings. The Morgan fingerprint density at radius 2 is 1.81 bits per heavy atom. The van der Waals surface area contributed by atoms with Gasteiger partial charge in [-0.05, 0) is 25.7 Å². The van der Waals surface area contributed by atoms with Crippen LogP contribution in [0.15, 0.2) is 0 Å². The summed E-state index contributed by atoms with van der Waals surface area (Å²) >= 11 is 0. The monoisotopic (exact) mass is 238 g/mol. The maximum Gasteiger partial charge on any atom is 0.389 e. The SMILES string of the molecule is NC1CCC(NC(=O)CCC(F)(F)F)CC1. The molecule has 0 heterocycles. The summed E-state index contributed by atoms with van der Waals surface area (Å²) in [5.41, 5.74) is 5.68. The quantitative estimate of drug-likeness (QED) is 0.786. The molecule has 0 bridgehead atoms. The third kappa shape index (κ3) is 5.34. The summed E-state index contributed by atoms with van der Waals surface area (Å²) < 4.78 is 35.5. The first-order valence-corrected chi connectivity index (χ1v) is 5.48. The molecule has 1 aliphatic rings. The smallest absolute Gasteiger partial charge is 0.353 e. The van der Waals surface area contributed by atoms with Gasteiger partial charge in [0.1, 0.15) is 0 Å². The number of hydrogen-bond acceptors (Lipinski definition) is 2. The van der Waals surface area contributed by atoms with Gasteiger partial charge in [-0.15, -0.1) is 0 Å². The highest BCUT2D eigenvalue weighted by Gasteiger charge is 2.28. The standard InChI is InChI=1S/C10H17F3N2O/c11-10(12,13)6-5-9(16)15-8-3-1-7(14)2-4-8/h7-8H,1-6,14H2,(H,15,16). The summed E-state index contributed by atoms with van der Waals surface area (Å²) in [6.45, 7) is 0. The van der Waals surface area contributed by atoms with E-state index < -0.39 is 24.9 Å². The van der Waals surface area contributed by atoms with Crippen molar-refractivity contribution in [2.24, 2.45) is 5.73 Å². The lowest BCUT2D eigenvalue weighted by Gasteiger charge is -2.26. The summed E-state index contributed by atoms with van der Waals surface area (Å²) in [7, 11) is 0. The zero-order chi connectivity index (χ0) is 12.2. The molecule has 1 amide bonds. The van der Waals surface area contributed by atoms with Crippen LogP contribution in [0, 0.1) is 0 Å². The minimum absolute atomic E-state index is 0.000494. The van der Waals surface area contributed by atoms with E-state index in [9.17, 15) is 18.0 Å². The average Bonchev–Trinajstić information content (AvgIpc) is 2.18. The van der Waals surface area contributed by atoms with Crippen LogP contribution in [0.3, 0.4) is 0 Å². The van der Waals surface area contributed by atoms with Crippen molar-refractivity contribution in [1.82, 2.24) is 5.32 Å². The maximum absolute atomic E-state index is 11.8. The molecule has 0 radical (unpaired) electrons. The number of hydrogen-bond donors (Lipinski definition) is 2. The number of alkyl halides is 3. The van der Waals surface area contributed by atoms with Gasteiger partial charge in [-0.25, -0.2) is 0 Å². The lowest BCUT2D eigenvalue weighted by Crippen LogP contribution is -2.40. The van der Waals surface area contributed by atoms with Crippen molar-refractivity contribution < 1.29 is 18.0 Å². The van der Waals surface area contributed by atoms with E-state index in [2.05, 4.69) is 5.32 Å². The number of rotatable bonds is 3. The molecule has 0 aliphatic heterocycles. The number of halogens is 3. The third-order valence-corrected chi connectivity index (χ3v) is 2.77. The van der Waals surface area contributed by atoms with Crippen LogP contribution >= 0.6 is 0 Å². The second kappa shape index (κ2) is 5.52. The molecule has 6 heteroatoms. The third-order valence-electron chi connectivity index (χ3n) is 2.77. The largest absolute Gasteiger partial charge is 0.389 e. The second-order valence-electron chi connectivity index (χ2n) is 4.29. The van der Waals surface area contributed by atoms with Crippen molar-refractivity contribution in [2.45, 2.75) is 56.8 Å². The highest BCUT2D eigenvalue weighted by Crippen LogP contribution is 2.22. The van der Waals surface area contributed by atoms with Crippen LogP contribution in [-0.4, -0.2) is 24.2 Å². The Morgan fingerprint density at radius 1 is 1.25 bits per heavy atom. The van der Waals surface area contributed by atoms with E-state index in [0.29, 0.717) is 0 Å². The fraction of sp³-hybridized carbons (Fsp3) is 0.900. The number of nitrogens with two attached hydrogens (primary N) is 1. The van der Waals surface area contributed by atoms with Gasteiger partial charge in [0.05, 0.1) is 6.42 Å². The maximum atomic E-state index is 11.8. The molecule has 3 N–H and O–H groups in total. The van der Waals surface area contributed by atoms with E-state index in [1.54, 1.807) is 0 Å². The van der Waals surface area contributed by atoms with Crippen molar-refractivity contribution in [3.8, 4) is 0 Å². The first-order valence-electron chi connectivity index (χ1n) is 5.48. The highest BCUT2D eigenvalue weighted by molar-refractivity contribution is 5.76. The van der Waals surface area contributed by atoms with Crippen LogP contribution in [0.4, 0.5) is 13.2 Å². The zero-order valence-corrected chi connectivity index (χ0v) is 9.02. The summed E-state index contributed by atoms with van der Waals surface area (Å²) in [6.07, 6.45) is -2.62. The molecular formula is C10H17F3N2O. The molecule has 0 aromatic rings. The van der Waals surface area contributed by atoms with Crippen molar-refractivity contribution in [3.63, 3.8) is 0 Å². The molecule has 0 unspecified atom stereocenters. The Morgan fingerprint density at radius 3 is 2.31 bits per heavy atom. The summed E-state index contributed by atoms with van der Waals surface area (Å²) in [5.74, 6) is -0.516. The highest BCUT2D eigenvalue weighted by atomic mass is 19.4. The van der Waals surface area contributed by atoms with Gasteiger partial charge in [-0.2, -0.15) is 13.2 Å². The molecule has 16 heavy (non-hydrogen) atoms. The van der Waals surface area contributed by atoms with Gasteiger partial charge in [0.15, 0.2) is 0 Å². The fourth-order valence-electron chi connectivity index (χ4n) is 1.82. The van der Waals surface area contributed by atoms with Gasteiger partial charge < -0.3 is 11.1 Å². The Labute approximate surface area is 92.6 Å². The van der Waals surface area contributed by atoms with Gasteiger partial charge in [-0.3, -0.25) is 4.79 Å². The number of amides is 1. The van der Waals surface area contributed by atoms with Gasteiger partial charge >= 0.3 is 6.18 Å². The van der Waals surface area contributed by atoms with E-state index in [1.165, 1.54) is 0 Å². The van der Waals surface area contributed by atoms with Crippen molar-refractivity contribution in [2.75, 3.05) is 0 Å².